The van der Waals surface area contributed by atoms with Crippen LogP contribution in [-0.2, 0) is 20.9 Å². The molecule has 1 aromatic heterocycles. The third kappa shape index (κ3) is 10.7. The Labute approximate surface area is 242 Å². The molecule has 236 valence electrons. The molecular formula is C28H31F6N3O6. The minimum Gasteiger partial charge on any atom is -0.487 e. The van der Waals surface area contributed by atoms with E-state index in [9.17, 15) is 31.1 Å². The third-order valence-corrected chi connectivity index (χ3v) is 7.04. The molecule has 1 unspecified atom stereocenters. The molecule has 3 heterocycles. The third-order valence-electron chi connectivity index (χ3n) is 7.04. The molecule has 2 fully saturated rings. The Morgan fingerprint density at radius 1 is 0.930 bits per heavy atom. The number of aliphatic carboxylic acids is 2. The number of alkyl halides is 6. The van der Waals surface area contributed by atoms with Gasteiger partial charge in [-0.05, 0) is 55.9 Å². The minimum atomic E-state index is -5.08. The SMILES string of the molecule is O=C(CC1CC2(CCN(Cc3ccccn3)CC2)Oc2ccccc21)NC1CC1.O=C(O)C(F)(F)F.O=C(O)C(F)(F)F. The van der Waals surface area contributed by atoms with Crippen molar-refractivity contribution in [3.8, 4) is 5.75 Å². The molecule has 1 saturated heterocycles. The summed E-state index contributed by atoms with van der Waals surface area (Å²) in [5, 5.41) is 17.4. The molecule has 15 heteroatoms. The van der Waals surface area contributed by atoms with Crippen molar-refractivity contribution in [2.75, 3.05) is 13.1 Å². The van der Waals surface area contributed by atoms with Crippen LogP contribution < -0.4 is 10.1 Å². The number of carboxylic acids is 2. The lowest BCUT2D eigenvalue weighted by atomic mass is 9.76. The first-order valence-electron chi connectivity index (χ1n) is 13.4. The number of para-hydroxylation sites is 1. The fourth-order valence-electron chi connectivity index (χ4n) is 4.81. The highest BCUT2D eigenvalue weighted by Gasteiger charge is 2.44. The number of hydrogen-bond acceptors (Lipinski definition) is 6. The number of benzene rings is 1. The van der Waals surface area contributed by atoms with E-state index in [1.807, 2.05) is 24.4 Å². The van der Waals surface area contributed by atoms with Gasteiger partial charge in [0.25, 0.3) is 0 Å². The van der Waals surface area contributed by atoms with Gasteiger partial charge in [0.2, 0.25) is 5.91 Å². The van der Waals surface area contributed by atoms with E-state index in [0.717, 1.165) is 63.2 Å². The number of carboxylic acid groups (broad SMARTS) is 2. The Morgan fingerprint density at radius 3 is 2.00 bits per heavy atom. The summed E-state index contributed by atoms with van der Waals surface area (Å²) < 4.78 is 70.1. The number of fused-ring (bicyclic) bond motifs is 1. The zero-order valence-corrected chi connectivity index (χ0v) is 22.8. The zero-order chi connectivity index (χ0) is 31.8. The molecule has 5 rings (SSSR count). The summed E-state index contributed by atoms with van der Waals surface area (Å²) in [7, 11) is 0. The summed E-state index contributed by atoms with van der Waals surface area (Å²) in [6, 6.07) is 14.8. The summed E-state index contributed by atoms with van der Waals surface area (Å²) >= 11 is 0. The van der Waals surface area contributed by atoms with Gasteiger partial charge in [0, 0.05) is 44.2 Å². The Balaban J connectivity index is 0.000000303. The molecule has 0 radical (unpaired) electrons. The maximum atomic E-state index is 12.5. The van der Waals surface area contributed by atoms with Crippen LogP contribution in [-0.4, -0.2) is 75.0 Å². The number of nitrogens with one attached hydrogen (secondary N) is 1. The molecule has 1 aliphatic carbocycles. The number of hydrogen-bond donors (Lipinski definition) is 3. The first kappa shape index (κ1) is 33.6. The fourth-order valence-corrected chi connectivity index (χ4v) is 4.81. The Kier molecular flexibility index (Phi) is 11.0. The quantitative estimate of drug-likeness (QED) is 0.403. The predicted molar refractivity (Wildman–Crippen MR) is 139 cm³/mol. The van der Waals surface area contributed by atoms with Gasteiger partial charge in [-0.25, -0.2) is 9.59 Å². The van der Waals surface area contributed by atoms with Gasteiger partial charge < -0.3 is 20.3 Å². The van der Waals surface area contributed by atoms with E-state index in [4.69, 9.17) is 24.5 Å². The van der Waals surface area contributed by atoms with Crippen molar-refractivity contribution in [1.82, 2.24) is 15.2 Å². The average Bonchev–Trinajstić information content (AvgIpc) is 3.74. The van der Waals surface area contributed by atoms with Crippen molar-refractivity contribution in [2.24, 2.45) is 0 Å². The normalized spacial score (nSPS) is 19.3. The van der Waals surface area contributed by atoms with Crippen LogP contribution in [0.4, 0.5) is 26.3 Å². The number of rotatable bonds is 5. The van der Waals surface area contributed by atoms with E-state index in [1.165, 1.54) is 5.56 Å². The topological polar surface area (TPSA) is 129 Å². The second-order valence-corrected chi connectivity index (χ2v) is 10.5. The largest absolute Gasteiger partial charge is 0.490 e. The van der Waals surface area contributed by atoms with Gasteiger partial charge in [-0.3, -0.25) is 14.7 Å². The van der Waals surface area contributed by atoms with Crippen molar-refractivity contribution in [1.29, 1.82) is 0 Å². The van der Waals surface area contributed by atoms with E-state index in [0.29, 0.717) is 12.5 Å². The van der Waals surface area contributed by atoms with E-state index in [-0.39, 0.29) is 17.4 Å². The number of amides is 1. The number of carbonyl (C=O) groups is 3. The lowest BCUT2D eigenvalue weighted by Gasteiger charge is -2.47. The maximum absolute atomic E-state index is 12.5. The molecule has 1 atom stereocenters. The number of halogens is 6. The molecule has 3 N–H and O–H groups in total. The minimum absolute atomic E-state index is 0.153. The summed E-state index contributed by atoms with van der Waals surface area (Å²) in [5.74, 6) is -4.11. The monoisotopic (exact) mass is 619 g/mol. The molecule has 2 aliphatic heterocycles. The second kappa shape index (κ2) is 14.1. The van der Waals surface area contributed by atoms with Gasteiger partial charge in [0.15, 0.2) is 0 Å². The Hall–Kier alpha value is -3.88. The zero-order valence-electron chi connectivity index (χ0n) is 22.8. The molecule has 1 saturated carbocycles. The number of piperidine rings is 1. The summed E-state index contributed by atoms with van der Waals surface area (Å²) in [5.41, 5.74) is 2.16. The van der Waals surface area contributed by atoms with Crippen LogP contribution in [0.2, 0.25) is 0 Å². The van der Waals surface area contributed by atoms with E-state index in [1.54, 1.807) is 0 Å². The van der Waals surface area contributed by atoms with Crippen molar-refractivity contribution in [3.63, 3.8) is 0 Å². The Bertz CT molecular complexity index is 1220. The van der Waals surface area contributed by atoms with E-state index >= 15 is 0 Å². The highest BCUT2D eigenvalue weighted by atomic mass is 19.4. The van der Waals surface area contributed by atoms with Crippen molar-refractivity contribution >= 4 is 17.8 Å². The standard InChI is InChI=1S/C24H29N3O2.2C2HF3O2/c28-23(26-19-8-9-19)15-18-16-24(29-22-7-2-1-6-21(18)22)10-13-27(14-11-24)17-20-5-3-4-12-25-20;2*3-2(4,5)1(6)7/h1-7,12,18-19H,8-11,13-17H2,(H,26,28);2*(H,6,7). The van der Waals surface area contributed by atoms with Crippen LogP contribution in [0.25, 0.3) is 0 Å². The predicted octanol–water partition coefficient (Wildman–Crippen LogP) is 4.92. The van der Waals surface area contributed by atoms with Gasteiger partial charge in [0.05, 0.1) is 5.69 Å². The van der Waals surface area contributed by atoms with Crippen LogP contribution in [0.3, 0.4) is 0 Å². The highest BCUT2D eigenvalue weighted by Crippen LogP contribution is 2.46. The fraction of sp³-hybridized carbons (Fsp3) is 0.500. The molecule has 1 spiro atoms. The first-order valence-corrected chi connectivity index (χ1v) is 13.4. The second-order valence-electron chi connectivity index (χ2n) is 10.5. The lowest BCUT2D eigenvalue weighted by molar-refractivity contribution is -0.193. The highest BCUT2D eigenvalue weighted by molar-refractivity contribution is 5.78. The van der Waals surface area contributed by atoms with Crippen molar-refractivity contribution in [2.45, 2.75) is 75.0 Å². The molecule has 3 aliphatic rings. The summed E-state index contributed by atoms with van der Waals surface area (Å²) in [4.78, 5) is 37.2. The number of likely N-dealkylation sites (tertiary alicyclic amines) is 1. The van der Waals surface area contributed by atoms with Crippen LogP contribution in [0.5, 0.6) is 5.75 Å². The van der Waals surface area contributed by atoms with Gasteiger partial charge in [0.1, 0.15) is 11.4 Å². The number of pyridine rings is 1. The van der Waals surface area contributed by atoms with E-state index < -0.39 is 24.3 Å². The molecule has 43 heavy (non-hydrogen) atoms. The van der Waals surface area contributed by atoms with Crippen LogP contribution in [0.15, 0.2) is 48.7 Å². The smallest absolute Gasteiger partial charge is 0.487 e. The van der Waals surface area contributed by atoms with Crippen LogP contribution in [0, 0.1) is 0 Å². The molecule has 2 aromatic rings. The molecule has 1 amide bonds. The molecule has 1 aromatic carbocycles. The average molecular weight is 620 g/mol. The lowest BCUT2D eigenvalue weighted by Crippen LogP contribution is -2.50. The van der Waals surface area contributed by atoms with Gasteiger partial charge >= 0.3 is 24.3 Å². The van der Waals surface area contributed by atoms with Gasteiger partial charge in [-0.15, -0.1) is 0 Å². The number of aromatic nitrogens is 1. The van der Waals surface area contributed by atoms with Gasteiger partial charge in [-0.2, -0.15) is 26.3 Å². The summed E-state index contributed by atoms with van der Waals surface area (Å²) in [6.45, 7) is 2.89. The maximum Gasteiger partial charge on any atom is 0.490 e. The van der Waals surface area contributed by atoms with E-state index in [2.05, 4.69) is 39.5 Å². The molecular weight excluding hydrogens is 588 g/mol. The molecule has 9 nitrogen and oxygen atoms in total. The van der Waals surface area contributed by atoms with Crippen LogP contribution in [0.1, 0.15) is 55.7 Å². The number of carbonyl (C=O) groups excluding carboxylic acids is 1. The number of ether oxygens (including phenoxy) is 1. The van der Waals surface area contributed by atoms with Gasteiger partial charge in [-0.1, -0.05) is 24.3 Å². The molecule has 0 bridgehead atoms. The van der Waals surface area contributed by atoms with Crippen molar-refractivity contribution in [3.05, 3.63) is 59.9 Å². The van der Waals surface area contributed by atoms with Crippen LogP contribution >= 0.6 is 0 Å². The van der Waals surface area contributed by atoms with Crippen molar-refractivity contribution < 1.29 is 55.7 Å². The Morgan fingerprint density at radius 2 is 1.49 bits per heavy atom. The first-order chi connectivity index (χ1) is 20.1. The number of nitrogens with zero attached hydrogens (tertiary/aromatic N) is 2. The summed E-state index contributed by atoms with van der Waals surface area (Å²) in [6.07, 6.45) is -2.56.